The highest BCUT2D eigenvalue weighted by Gasteiger charge is 2.22. The summed E-state index contributed by atoms with van der Waals surface area (Å²) >= 11 is 5.13. The molecule has 0 radical (unpaired) electrons. The number of piperidine rings is 1. The van der Waals surface area contributed by atoms with Crippen LogP contribution in [0.5, 0.6) is 0 Å². The maximum atomic E-state index is 11.0. The number of thiocarbonyl (C=S) groups is 1. The maximum Gasteiger partial charge on any atom is 0.413 e. The highest BCUT2D eigenvalue weighted by atomic mass is 32.1. The number of alkyl carbamates (subject to hydrolysis) is 1. The Kier molecular flexibility index (Phi) is 4.95. The van der Waals surface area contributed by atoms with E-state index < -0.39 is 6.09 Å². The summed E-state index contributed by atoms with van der Waals surface area (Å²) in [4.78, 5) is 15.2. The van der Waals surface area contributed by atoms with E-state index in [0.717, 1.165) is 25.9 Å². The lowest BCUT2D eigenvalue weighted by atomic mass is 10.0. The largest absolute Gasteiger partial charge is 0.453 e. The van der Waals surface area contributed by atoms with Crippen LogP contribution >= 0.6 is 12.2 Å². The molecule has 1 rings (SSSR count). The van der Waals surface area contributed by atoms with Gasteiger partial charge in [0.2, 0.25) is 0 Å². The van der Waals surface area contributed by atoms with Crippen molar-refractivity contribution in [3.8, 4) is 0 Å². The van der Waals surface area contributed by atoms with Crippen LogP contribution in [-0.2, 0) is 4.74 Å². The molecule has 6 heteroatoms. The second kappa shape index (κ2) is 6.00. The van der Waals surface area contributed by atoms with Crippen molar-refractivity contribution < 1.29 is 9.53 Å². The molecule has 1 fully saturated rings. The van der Waals surface area contributed by atoms with Gasteiger partial charge in [0, 0.05) is 13.1 Å². The summed E-state index contributed by atoms with van der Waals surface area (Å²) in [5, 5.41) is 2.95. The van der Waals surface area contributed by atoms with Crippen molar-refractivity contribution in [2.24, 2.45) is 0 Å². The number of carbonyl (C=O) groups is 1. The summed E-state index contributed by atoms with van der Waals surface area (Å²) in [6.07, 6.45) is 1.62. The average molecular weight is 245 g/mol. The Morgan fingerprint density at radius 1 is 1.50 bits per heavy atom. The first-order valence-electron chi connectivity index (χ1n) is 5.35. The van der Waals surface area contributed by atoms with E-state index >= 15 is 0 Å². The summed E-state index contributed by atoms with van der Waals surface area (Å²) in [5.74, 6) is 0. The number of hydrogen-bond acceptors (Lipinski definition) is 4. The van der Waals surface area contributed by atoms with Gasteiger partial charge in [-0.05, 0) is 45.2 Å². The number of methoxy groups -OCH3 is 1. The molecule has 1 N–H and O–H groups in total. The fourth-order valence-corrected chi connectivity index (χ4v) is 2.01. The minimum Gasteiger partial charge on any atom is -0.453 e. The van der Waals surface area contributed by atoms with E-state index in [9.17, 15) is 4.79 Å². The topological polar surface area (TPSA) is 44.8 Å². The van der Waals surface area contributed by atoms with Crippen LogP contribution in [0.15, 0.2) is 0 Å². The Balaban J connectivity index is 2.41. The molecule has 0 saturated carbocycles. The molecule has 16 heavy (non-hydrogen) atoms. The van der Waals surface area contributed by atoms with Gasteiger partial charge in [-0.2, -0.15) is 0 Å². The fraction of sp³-hybridized carbons (Fsp3) is 0.800. The molecule has 92 valence electrons. The average Bonchev–Trinajstić information content (AvgIpc) is 2.28. The molecule has 0 aromatic heterocycles. The first-order chi connectivity index (χ1) is 7.54. The van der Waals surface area contributed by atoms with Crippen molar-refractivity contribution in [2.45, 2.75) is 18.9 Å². The molecule has 0 unspecified atom stereocenters. The van der Waals surface area contributed by atoms with Crippen LogP contribution in [0.2, 0.25) is 0 Å². The number of likely N-dealkylation sites (tertiary alicyclic amines) is 1. The zero-order valence-corrected chi connectivity index (χ0v) is 10.8. The van der Waals surface area contributed by atoms with Crippen LogP contribution < -0.4 is 5.32 Å². The molecule has 5 nitrogen and oxygen atoms in total. The van der Waals surface area contributed by atoms with Crippen molar-refractivity contribution in [2.75, 3.05) is 34.3 Å². The van der Waals surface area contributed by atoms with Crippen LogP contribution in [-0.4, -0.2) is 61.3 Å². The van der Waals surface area contributed by atoms with Crippen LogP contribution in [0.1, 0.15) is 12.8 Å². The standard InChI is InChI=1S/C10H19N3O2S/c1-12-6-4-8(5-7-12)13(2)9(16)11-10(14)15-3/h8H,4-7H2,1-3H3,(H,11,14,16). The van der Waals surface area contributed by atoms with E-state index in [4.69, 9.17) is 12.2 Å². The Labute approximate surface area is 102 Å². The predicted octanol–water partition coefficient (Wildman–Crippen LogP) is 0.653. The Morgan fingerprint density at radius 3 is 2.56 bits per heavy atom. The van der Waals surface area contributed by atoms with Crippen LogP contribution in [0, 0.1) is 0 Å². The third kappa shape index (κ3) is 3.61. The van der Waals surface area contributed by atoms with E-state index in [1.165, 1.54) is 7.11 Å². The summed E-state index contributed by atoms with van der Waals surface area (Å²) in [6.45, 7) is 2.13. The van der Waals surface area contributed by atoms with Crippen LogP contribution in [0.4, 0.5) is 4.79 Å². The zero-order valence-electron chi connectivity index (χ0n) is 10.0. The molecule has 0 spiro atoms. The molecular formula is C10H19N3O2S. The molecule has 1 aliphatic heterocycles. The maximum absolute atomic E-state index is 11.0. The van der Waals surface area contributed by atoms with Crippen molar-refractivity contribution in [1.29, 1.82) is 0 Å². The molecule has 1 aliphatic rings. The number of nitrogens with zero attached hydrogens (tertiary/aromatic N) is 2. The Morgan fingerprint density at radius 2 is 2.06 bits per heavy atom. The van der Waals surface area contributed by atoms with Gasteiger partial charge < -0.3 is 14.5 Å². The fourth-order valence-electron chi connectivity index (χ4n) is 1.77. The van der Waals surface area contributed by atoms with E-state index in [1.807, 2.05) is 11.9 Å². The van der Waals surface area contributed by atoms with Crippen LogP contribution in [0.25, 0.3) is 0 Å². The van der Waals surface area contributed by atoms with E-state index in [0.29, 0.717) is 11.2 Å². The molecule has 0 aromatic rings. The SMILES string of the molecule is COC(=O)NC(=S)N(C)C1CCN(C)CC1. The van der Waals surface area contributed by atoms with Crippen LogP contribution in [0.3, 0.4) is 0 Å². The molecule has 1 heterocycles. The lowest BCUT2D eigenvalue weighted by Crippen LogP contribution is -2.49. The molecular weight excluding hydrogens is 226 g/mol. The lowest BCUT2D eigenvalue weighted by Gasteiger charge is -2.36. The second-order valence-corrected chi connectivity index (χ2v) is 4.45. The van der Waals surface area contributed by atoms with Gasteiger partial charge in [-0.3, -0.25) is 5.32 Å². The number of nitrogens with one attached hydrogen (secondary N) is 1. The van der Waals surface area contributed by atoms with Gasteiger partial charge in [0.1, 0.15) is 0 Å². The van der Waals surface area contributed by atoms with Gasteiger partial charge in [0.25, 0.3) is 0 Å². The van der Waals surface area contributed by atoms with Crippen molar-refractivity contribution in [3.05, 3.63) is 0 Å². The van der Waals surface area contributed by atoms with E-state index in [-0.39, 0.29) is 0 Å². The van der Waals surface area contributed by atoms with Gasteiger partial charge in [-0.25, -0.2) is 4.79 Å². The molecule has 1 saturated heterocycles. The van der Waals surface area contributed by atoms with Gasteiger partial charge >= 0.3 is 6.09 Å². The molecule has 1 amide bonds. The first kappa shape index (κ1) is 13.2. The number of ether oxygens (including phenoxy) is 1. The number of hydrogen-bond donors (Lipinski definition) is 1. The normalized spacial score (nSPS) is 17.9. The molecule has 0 aliphatic carbocycles. The molecule has 0 bridgehead atoms. The first-order valence-corrected chi connectivity index (χ1v) is 5.75. The summed E-state index contributed by atoms with van der Waals surface area (Å²) in [7, 11) is 5.35. The minimum absolute atomic E-state index is 0.404. The third-order valence-corrected chi connectivity index (χ3v) is 3.34. The third-order valence-electron chi connectivity index (χ3n) is 2.95. The monoisotopic (exact) mass is 245 g/mol. The van der Waals surface area contributed by atoms with Gasteiger partial charge in [0.15, 0.2) is 5.11 Å². The summed E-state index contributed by atoms with van der Waals surface area (Å²) in [5.41, 5.74) is 0. The lowest BCUT2D eigenvalue weighted by molar-refractivity contribution is 0.171. The van der Waals surface area contributed by atoms with Crippen molar-refractivity contribution >= 4 is 23.4 Å². The zero-order chi connectivity index (χ0) is 12.1. The second-order valence-electron chi connectivity index (χ2n) is 4.07. The smallest absolute Gasteiger partial charge is 0.413 e. The van der Waals surface area contributed by atoms with E-state index in [2.05, 4.69) is 22.0 Å². The predicted molar refractivity (Wildman–Crippen MR) is 66.4 cm³/mol. The van der Waals surface area contributed by atoms with Gasteiger partial charge in [-0.15, -0.1) is 0 Å². The quantitative estimate of drug-likeness (QED) is 0.687. The van der Waals surface area contributed by atoms with Crippen molar-refractivity contribution in [3.63, 3.8) is 0 Å². The highest BCUT2D eigenvalue weighted by Crippen LogP contribution is 2.14. The highest BCUT2D eigenvalue weighted by molar-refractivity contribution is 7.80. The summed E-state index contributed by atoms with van der Waals surface area (Å²) < 4.78 is 4.50. The van der Waals surface area contributed by atoms with E-state index in [1.54, 1.807) is 0 Å². The number of rotatable bonds is 1. The molecule has 0 aromatic carbocycles. The Bertz CT molecular complexity index is 265. The number of carbonyl (C=O) groups excluding carboxylic acids is 1. The number of amides is 1. The molecule has 0 atom stereocenters. The summed E-state index contributed by atoms with van der Waals surface area (Å²) in [6, 6.07) is 0.404. The Hall–Kier alpha value is -0.880. The minimum atomic E-state index is -0.509. The van der Waals surface area contributed by atoms with Gasteiger partial charge in [-0.1, -0.05) is 0 Å². The van der Waals surface area contributed by atoms with Gasteiger partial charge in [0.05, 0.1) is 7.11 Å². The van der Waals surface area contributed by atoms with Crippen molar-refractivity contribution in [1.82, 2.24) is 15.1 Å².